The van der Waals surface area contributed by atoms with Gasteiger partial charge in [0.15, 0.2) is 0 Å². The Kier molecular flexibility index (Phi) is 3.70. The van der Waals surface area contributed by atoms with E-state index < -0.39 is 20.7 Å². The quantitative estimate of drug-likeness (QED) is 0.790. The largest absolute Gasteiger partial charge is 0.398 e. The minimum atomic E-state index is -4.06. The first-order valence-corrected chi connectivity index (χ1v) is 7.47. The summed E-state index contributed by atoms with van der Waals surface area (Å²) in [4.78, 5) is 12.5. The summed E-state index contributed by atoms with van der Waals surface area (Å²) in [6, 6.07) is 2.18. The highest BCUT2D eigenvalue weighted by Crippen LogP contribution is 2.25. The Labute approximate surface area is 117 Å². The van der Waals surface area contributed by atoms with Crippen LogP contribution in [0.25, 0.3) is 0 Å². The summed E-state index contributed by atoms with van der Waals surface area (Å²) in [5.41, 5.74) is 6.31. The third kappa shape index (κ3) is 2.48. The first kappa shape index (κ1) is 14.7. The van der Waals surface area contributed by atoms with Crippen LogP contribution in [0.5, 0.6) is 0 Å². The summed E-state index contributed by atoms with van der Waals surface area (Å²) in [7, 11) is -2.46. The summed E-state index contributed by atoms with van der Waals surface area (Å²) in [6.45, 7) is 1.72. The lowest BCUT2D eigenvalue weighted by atomic mass is 10.2. The smallest absolute Gasteiger partial charge is 0.246 e. The minimum absolute atomic E-state index is 0.137. The van der Waals surface area contributed by atoms with E-state index >= 15 is 0 Å². The second-order valence-corrected chi connectivity index (χ2v) is 6.70. The number of halogens is 1. The van der Waals surface area contributed by atoms with Crippen molar-refractivity contribution in [1.82, 2.24) is 9.21 Å². The zero-order valence-corrected chi connectivity index (χ0v) is 12.1. The number of hydrogen-bond donors (Lipinski definition) is 1. The molecule has 110 valence electrons. The molecule has 0 atom stereocenters. The van der Waals surface area contributed by atoms with Gasteiger partial charge in [0.25, 0.3) is 0 Å². The van der Waals surface area contributed by atoms with E-state index in [0.29, 0.717) is 5.56 Å². The van der Waals surface area contributed by atoms with Crippen LogP contribution in [0.2, 0.25) is 0 Å². The lowest BCUT2D eigenvalue weighted by Gasteiger charge is -2.31. The van der Waals surface area contributed by atoms with Gasteiger partial charge in [0.05, 0.1) is 6.54 Å². The van der Waals surface area contributed by atoms with E-state index in [4.69, 9.17) is 5.73 Å². The predicted molar refractivity (Wildman–Crippen MR) is 71.9 cm³/mol. The van der Waals surface area contributed by atoms with Gasteiger partial charge in [-0.25, -0.2) is 12.8 Å². The summed E-state index contributed by atoms with van der Waals surface area (Å²) < 4.78 is 39.6. The molecule has 1 amide bonds. The van der Waals surface area contributed by atoms with Crippen LogP contribution < -0.4 is 5.73 Å². The molecule has 2 N–H and O–H groups in total. The van der Waals surface area contributed by atoms with Crippen LogP contribution in [-0.4, -0.2) is 50.2 Å². The predicted octanol–water partition coefficient (Wildman–Crippen LogP) is 0.179. The SMILES string of the molecule is Cc1cc(F)c(S(=O)(=O)N2CCN(C)C(=O)C2)cc1N. The molecule has 1 aromatic rings. The fourth-order valence-corrected chi connectivity index (χ4v) is 3.41. The molecule has 1 fully saturated rings. The minimum Gasteiger partial charge on any atom is -0.398 e. The number of anilines is 1. The van der Waals surface area contributed by atoms with E-state index in [9.17, 15) is 17.6 Å². The highest BCUT2D eigenvalue weighted by atomic mass is 32.2. The third-order valence-corrected chi connectivity index (χ3v) is 5.22. The number of benzene rings is 1. The molecule has 0 unspecified atom stereocenters. The normalized spacial score (nSPS) is 17.6. The number of amides is 1. The number of carbonyl (C=O) groups is 1. The van der Waals surface area contributed by atoms with Gasteiger partial charge < -0.3 is 10.6 Å². The molecule has 1 saturated heterocycles. The van der Waals surface area contributed by atoms with E-state index in [0.717, 1.165) is 16.4 Å². The fraction of sp³-hybridized carbons (Fsp3) is 0.417. The molecule has 8 heteroatoms. The Balaban J connectivity index is 2.41. The van der Waals surface area contributed by atoms with Crippen LogP contribution in [0.1, 0.15) is 5.56 Å². The molecule has 0 radical (unpaired) electrons. The van der Waals surface area contributed by atoms with Gasteiger partial charge in [0, 0.05) is 25.8 Å². The lowest BCUT2D eigenvalue weighted by molar-refractivity contribution is -0.132. The second kappa shape index (κ2) is 5.02. The zero-order valence-electron chi connectivity index (χ0n) is 11.3. The molecule has 0 bridgehead atoms. The molecule has 1 heterocycles. The van der Waals surface area contributed by atoms with E-state index in [1.54, 1.807) is 14.0 Å². The summed E-state index contributed by atoms with van der Waals surface area (Å²) in [6.07, 6.45) is 0. The average Bonchev–Trinajstić information content (AvgIpc) is 2.36. The number of nitrogen functional groups attached to an aromatic ring is 1. The zero-order chi connectivity index (χ0) is 15.1. The van der Waals surface area contributed by atoms with Crippen LogP contribution in [0.3, 0.4) is 0 Å². The van der Waals surface area contributed by atoms with Crippen molar-refractivity contribution in [2.24, 2.45) is 0 Å². The molecular weight excluding hydrogens is 285 g/mol. The van der Waals surface area contributed by atoms with Crippen LogP contribution >= 0.6 is 0 Å². The number of likely N-dealkylation sites (N-methyl/N-ethyl adjacent to an activating group) is 1. The molecule has 1 aliphatic rings. The Morgan fingerprint density at radius 2 is 1.95 bits per heavy atom. The molecule has 1 aromatic carbocycles. The molecule has 20 heavy (non-hydrogen) atoms. The van der Waals surface area contributed by atoms with Gasteiger partial charge in [-0.2, -0.15) is 4.31 Å². The van der Waals surface area contributed by atoms with Crippen LogP contribution in [0.4, 0.5) is 10.1 Å². The number of piperazine rings is 1. The van der Waals surface area contributed by atoms with E-state index in [-0.39, 0.29) is 31.2 Å². The molecule has 0 spiro atoms. The highest BCUT2D eigenvalue weighted by Gasteiger charge is 2.33. The van der Waals surface area contributed by atoms with E-state index in [2.05, 4.69) is 0 Å². The maximum Gasteiger partial charge on any atom is 0.246 e. The summed E-state index contributed by atoms with van der Waals surface area (Å²) >= 11 is 0. The van der Waals surface area contributed by atoms with Gasteiger partial charge >= 0.3 is 0 Å². The Hall–Kier alpha value is -1.67. The number of sulfonamides is 1. The standard InChI is InChI=1S/C12H16FN3O3S/c1-8-5-9(13)11(6-10(8)14)20(18,19)16-4-3-15(2)12(17)7-16/h5-6H,3-4,7,14H2,1-2H3. The molecule has 2 rings (SSSR count). The molecule has 0 aliphatic carbocycles. The van der Waals surface area contributed by atoms with Crippen molar-refractivity contribution in [3.05, 3.63) is 23.5 Å². The Morgan fingerprint density at radius 3 is 2.55 bits per heavy atom. The van der Waals surface area contributed by atoms with Crippen molar-refractivity contribution in [1.29, 1.82) is 0 Å². The topological polar surface area (TPSA) is 83.7 Å². The molecule has 6 nitrogen and oxygen atoms in total. The summed E-state index contributed by atoms with van der Waals surface area (Å²) in [5.74, 6) is -1.18. The van der Waals surface area contributed by atoms with Gasteiger partial charge in [-0.1, -0.05) is 0 Å². The van der Waals surface area contributed by atoms with Crippen molar-refractivity contribution in [2.75, 3.05) is 32.4 Å². The Morgan fingerprint density at radius 1 is 1.30 bits per heavy atom. The van der Waals surface area contributed by atoms with Gasteiger partial charge in [-0.3, -0.25) is 4.79 Å². The maximum absolute atomic E-state index is 13.9. The van der Waals surface area contributed by atoms with Crippen LogP contribution in [0, 0.1) is 12.7 Å². The molecule has 1 aliphatic heterocycles. The first-order chi connectivity index (χ1) is 9.23. The number of nitrogens with two attached hydrogens (primary N) is 1. The van der Waals surface area contributed by atoms with E-state index in [1.807, 2.05) is 0 Å². The number of hydrogen-bond acceptors (Lipinski definition) is 4. The van der Waals surface area contributed by atoms with Crippen molar-refractivity contribution in [3.63, 3.8) is 0 Å². The summed E-state index contributed by atoms with van der Waals surface area (Å²) in [5, 5.41) is 0. The van der Waals surface area contributed by atoms with Crippen molar-refractivity contribution in [3.8, 4) is 0 Å². The van der Waals surface area contributed by atoms with Crippen molar-refractivity contribution >= 4 is 21.6 Å². The number of aryl methyl sites for hydroxylation is 1. The maximum atomic E-state index is 13.9. The number of rotatable bonds is 2. The average molecular weight is 301 g/mol. The van der Waals surface area contributed by atoms with Gasteiger partial charge in [-0.15, -0.1) is 0 Å². The van der Waals surface area contributed by atoms with Crippen molar-refractivity contribution < 1.29 is 17.6 Å². The van der Waals surface area contributed by atoms with Crippen molar-refractivity contribution in [2.45, 2.75) is 11.8 Å². The first-order valence-electron chi connectivity index (χ1n) is 6.03. The second-order valence-electron chi connectivity index (χ2n) is 4.79. The number of nitrogens with zero attached hydrogens (tertiary/aromatic N) is 2. The fourth-order valence-electron chi connectivity index (χ4n) is 1.95. The van der Waals surface area contributed by atoms with Gasteiger partial charge in [0.2, 0.25) is 15.9 Å². The Bertz CT molecular complexity index is 660. The monoisotopic (exact) mass is 301 g/mol. The highest BCUT2D eigenvalue weighted by molar-refractivity contribution is 7.89. The van der Waals surface area contributed by atoms with Crippen LogP contribution in [0.15, 0.2) is 17.0 Å². The number of carbonyl (C=O) groups excluding carboxylic acids is 1. The van der Waals surface area contributed by atoms with Crippen LogP contribution in [-0.2, 0) is 14.8 Å². The van der Waals surface area contributed by atoms with Gasteiger partial charge in [0.1, 0.15) is 10.7 Å². The third-order valence-electron chi connectivity index (χ3n) is 3.36. The van der Waals surface area contributed by atoms with E-state index in [1.165, 1.54) is 4.90 Å². The molecule has 0 aromatic heterocycles. The van der Waals surface area contributed by atoms with Gasteiger partial charge in [-0.05, 0) is 24.6 Å². The lowest BCUT2D eigenvalue weighted by Crippen LogP contribution is -2.50. The molecule has 0 saturated carbocycles. The molecular formula is C12H16FN3O3S.